The van der Waals surface area contributed by atoms with Gasteiger partial charge in [0.2, 0.25) is 0 Å². The number of rotatable bonds is 9. The lowest BCUT2D eigenvalue weighted by Crippen LogP contribution is -2.21. The molecular weight excluding hydrogens is 412 g/mol. The Labute approximate surface area is 184 Å². The minimum Gasteiger partial charge on any atom is -0.488 e. The first kappa shape index (κ1) is 22.5. The minimum absolute atomic E-state index is 0.0140. The number of aromatic nitrogens is 2. The molecule has 0 unspecified atom stereocenters. The lowest BCUT2D eigenvalue weighted by molar-refractivity contribution is -0.387. The molecule has 0 radical (unpaired) electrons. The fraction of sp³-hybridized carbons (Fsp3) is 0.217. The summed E-state index contributed by atoms with van der Waals surface area (Å²) in [5.74, 6) is -0.321. The van der Waals surface area contributed by atoms with Gasteiger partial charge in [-0.05, 0) is 43.7 Å². The molecule has 3 aromatic rings. The van der Waals surface area contributed by atoms with Gasteiger partial charge in [-0.3, -0.25) is 14.9 Å². The first-order chi connectivity index (χ1) is 15.4. The fourth-order valence-electron chi connectivity index (χ4n) is 3.19. The van der Waals surface area contributed by atoms with Gasteiger partial charge >= 0.3 is 11.2 Å². The van der Waals surface area contributed by atoms with E-state index in [-0.39, 0.29) is 5.82 Å². The molecule has 0 saturated heterocycles. The summed E-state index contributed by atoms with van der Waals surface area (Å²) in [6.07, 6.45) is 3.11. The molecule has 9 nitrogen and oxygen atoms in total. The normalized spacial score (nSPS) is 10.9. The predicted octanol–water partition coefficient (Wildman–Crippen LogP) is 3.98. The second kappa shape index (κ2) is 10.3. The van der Waals surface area contributed by atoms with Crippen molar-refractivity contribution in [3.63, 3.8) is 0 Å². The number of nitrogens with zero attached hydrogens (tertiary/aromatic N) is 3. The monoisotopic (exact) mass is 436 g/mol. The summed E-state index contributed by atoms with van der Waals surface area (Å²) >= 11 is 0. The summed E-state index contributed by atoms with van der Waals surface area (Å²) < 4.78 is 6.08. The van der Waals surface area contributed by atoms with Crippen LogP contribution >= 0.6 is 0 Å². The van der Waals surface area contributed by atoms with Crippen molar-refractivity contribution in [1.29, 1.82) is 0 Å². The Morgan fingerprint density at radius 2 is 1.88 bits per heavy atom. The SMILES string of the molecule is CCN(CC)c1ccc(/C=C\c2nc(O)c([N+](=O)[O-])c(=O)[nH]2)c(OCc2ccccc2)c1. The van der Waals surface area contributed by atoms with Gasteiger partial charge in [-0.2, -0.15) is 4.98 Å². The highest BCUT2D eigenvalue weighted by Gasteiger charge is 2.21. The molecule has 2 aromatic carbocycles. The molecule has 0 aliphatic rings. The van der Waals surface area contributed by atoms with Gasteiger partial charge in [0.25, 0.3) is 5.88 Å². The number of aromatic hydroxyl groups is 1. The van der Waals surface area contributed by atoms with Crippen LogP contribution < -0.4 is 15.2 Å². The molecule has 1 heterocycles. The molecule has 0 fully saturated rings. The van der Waals surface area contributed by atoms with Crippen LogP contribution in [0.25, 0.3) is 12.2 Å². The number of H-pyrrole nitrogens is 1. The molecular formula is C23H24N4O5. The van der Waals surface area contributed by atoms with E-state index in [1.165, 1.54) is 6.08 Å². The molecule has 2 N–H and O–H groups in total. The quantitative estimate of drug-likeness (QED) is 0.384. The number of aromatic amines is 1. The summed E-state index contributed by atoms with van der Waals surface area (Å²) in [4.78, 5) is 29.9. The van der Waals surface area contributed by atoms with Crippen LogP contribution in [0.15, 0.2) is 53.3 Å². The van der Waals surface area contributed by atoms with E-state index in [1.807, 2.05) is 48.5 Å². The number of hydrogen-bond donors (Lipinski definition) is 2. The number of anilines is 1. The number of nitro groups is 1. The van der Waals surface area contributed by atoms with Crippen molar-refractivity contribution >= 4 is 23.5 Å². The van der Waals surface area contributed by atoms with Gasteiger partial charge in [0.1, 0.15) is 18.2 Å². The molecule has 32 heavy (non-hydrogen) atoms. The van der Waals surface area contributed by atoms with Gasteiger partial charge in [-0.15, -0.1) is 0 Å². The number of nitrogens with one attached hydrogen (secondary N) is 1. The smallest absolute Gasteiger partial charge is 0.395 e. The molecule has 166 valence electrons. The molecule has 0 aliphatic carbocycles. The first-order valence-electron chi connectivity index (χ1n) is 10.1. The molecule has 1 aromatic heterocycles. The standard InChI is InChI=1S/C23H24N4O5/c1-3-26(4-2)18-12-10-17(19(14-18)32-15-16-8-6-5-7-9-16)11-13-20-24-22(28)21(27(30)31)23(29)25-20/h5-14H,3-4,15H2,1-2H3,(H2,24,25,28,29)/b13-11-. The Morgan fingerprint density at radius 3 is 2.50 bits per heavy atom. The second-order valence-electron chi connectivity index (χ2n) is 6.88. The third kappa shape index (κ3) is 5.31. The van der Waals surface area contributed by atoms with Crippen molar-refractivity contribution in [2.45, 2.75) is 20.5 Å². The summed E-state index contributed by atoms with van der Waals surface area (Å²) in [6.45, 7) is 6.21. The lowest BCUT2D eigenvalue weighted by atomic mass is 10.1. The Hall–Kier alpha value is -4.14. The molecule has 0 atom stereocenters. The third-order valence-corrected chi connectivity index (χ3v) is 4.86. The number of benzene rings is 2. The van der Waals surface area contributed by atoms with Crippen LogP contribution in [0, 0.1) is 10.1 Å². The molecule has 0 aliphatic heterocycles. The van der Waals surface area contributed by atoms with Gasteiger partial charge in [-0.25, -0.2) is 0 Å². The maximum atomic E-state index is 11.9. The van der Waals surface area contributed by atoms with E-state index >= 15 is 0 Å². The predicted molar refractivity (Wildman–Crippen MR) is 123 cm³/mol. The molecule has 0 spiro atoms. The fourth-order valence-corrected chi connectivity index (χ4v) is 3.19. The van der Waals surface area contributed by atoms with E-state index in [0.717, 1.165) is 29.9 Å². The van der Waals surface area contributed by atoms with Crippen LogP contribution in [-0.2, 0) is 6.61 Å². The van der Waals surface area contributed by atoms with E-state index in [9.17, 15) is 20.0 Å². The van der Waals surface area contributed by atoms with Crippen LogP contribution in [0.1, 0.15) is 30.8 Å². The largest absolute Gasteiger partial charge is 0.488 e. The zero-order valence-electron chi connectivity index (χ0n) is 17.8. The van der Waals surface area contributed by atoms with Crippen molar-refractivity contribution in [3.8, 4) is 11.6 Å². The molecule has 0 saturated carbocycles. The molecule has 0 amide bonds. The van der Waals surface area contributed by atoms with Crippen molar-refractivity contribution in [3.05, 3.63) is 86.0 Å². The van der Waals surface area contributed by atoms with Crippen molar-refractivity contribution in [2.24, 2.45) is 0 Å². The van der Waals surface area contributed by atoms with Crippen molar-refractivity contribution in [1.82, 2.24) is 9.97 Å². The zero-order valence-corrected chi connectivity index (χ0v) is 17.8. The third-order valence-electron chi connectivity index (χ3n) is 4.86. The van der Waals surface area contributed by atoms with Crippen LogP contribution in [0.3, 0.4) is 0 Å². The van der Waals surface area contributed by atoms with Crippen molar-refractivity contribution in [2.75, 3.05) is 18.0 Å². The van der Waals surface area contributed by atoms with Crippen LogP contribution in [0.2, 0.25) is 0 Å². The van der Waals surface area contributed by atoms with E-state index in [1.54, 1.807) is 6.08 Å². The highest BCUT2D eigenvalue weighted by Crippen LogP contribution is 2.28. The summed E-state index contributed by atoms with van der Waals surface area (Å²) in [5, 5.41) is 20.6. The first-order valence-corrected chi connectivity index (χ1v) is 10.1. The van der Waals surface area contributed by atoms with Crippen LogP contribution in [0.4, 0.5) is 11.4 Å². The van der Waals surface area contributed by atoms with E-state index in [2.05, 4.69) is 28.7 Å². The summed E-state index contributed by atoms with van der Waals surface area (Å²) in [6, 6.07) is 15.5. The topological polar surface area (TPSA) is 122 Å². The Balaban J connectivity index is 1.93. The highest BCUT2D eigenvalue weighted by atomic mass is 16.6. The summed E-state index contributed by atoms with van der Waals surface area (Å²) in [5.41, 5.74) is 0.728. The maximum Gasteiger partial charge on any atom is 0.395 e. The average molecular weight is 436 g/mol. The van der Waals surface area contributed by atoms with Gasteiger partial charge < -0.3 is 19.7 Å². The molecule has 0 bridgehead atoms. The Bertz CT molecular complexity index is 1170. The molecule has 9 heteroatoms. The van der Waals surface area contributed by atoms with Gasteiger partial charge in [0, 0.05) is 30.4 Å². The Kier molecular flexibility index (Phi) is 7.22. The number of hydrogen-bond acceptors (Lipinski definition) is 7. The van der Waals surface area contributed by atoms with E-state index in [0.29, 0.717) is 12.4 Å². The summed E-state index contributed by atoms with van der Waals surface area (Å²) in [7, 11) is 0. The van der Waals surface area contributed by atoms with Crippen LogP contribution in [-0.4, -0.2) is 33.1 Å². The van der Waals surface area contributed by atoms with Gasteiger partial charge in [0.15, 0.2) is 0 Å². The van der Waals surface area contributed by atoms with Gasteiger partial charge in [0.05, 0.1) is 4.92 Å². The second-order valence-corrected chi connectivity index (χ2v) is 6.88. The van der Waals surface area contributed by atoms with E-state index in [4.69, 9.17) is 4.74 Å². The molecule has 3 rings (SSSR count). The average Bonchev–Trinajstić information content (AvgIpc) is 2.77. The highest BCUT2D eigenvalue weighted by molar-refractivity contribution is 5.72. The zero-order chi connectivity index (χ0) is 23.1. The Morgan fingerprint density at radius 1 is 1.16 bits per heavy atom. The minimum atomic E-state index is -1.03. The van der Waals surface area contributed by atoms with Gasteiger partial charge in [-0.1, -0.05) is 30.3 Å². The lowest BCUT2D eigenvalue weighted by Gasteiger charge is -2.22. The maximum absolute atomic E-state index is 11.9. The van der Waals surface area contributed by atoms with E-state index < -0.39 is 22.0 Å². The van der Waals surface area contributed by atoms with Crippen LogP contribution in [0.5, 0.6) is 11.6 Å². The van der Waals surface area contributed by atoms with Crippen molar-refractivity contribution < 1.29 is 14.8 Å². The number of ether oxygens (including phenoxy) is 1.